The maximum absolute atomic E-state index is 12.5. The van der Waals surface area contributed by atoms with Crippen molar-refractivity contribution in [3.8, 4) is 17.2 Å². The second-order valence-corrected chi connectivity index (χ2v) is 11.2. The number of hydrazone groups is 1. The van der Waals surface area contributed by atoms with Crippen LogP contribution < -0.4 is 14.2 Å². The predicted octanol–water partition coefficient (Wildman–Crippen LogP) is 3.74. The highest BCUT2D eigenvalue weighted by Gasteiger charge is 2.38. The number of nitrogens with one attached hydrogen (secondary N) is 1. The number of aryl methyl sites for hydroxylation is 1. The Bertz CT molecular complexity index is 1450. The molecule has 0 bridgehead atoms. The van der Waals surface area contributed by atoms with Crippen LogP contribution in [0.1, 0.15) is 11.1 Å². The lowest BCUT2D eigenvalue weighted by Gasteiger charge is -2.20. The minimum Gasteiger partial charge on any atom is -0.493 e. The summed E-state index contributed by atoms with van der Waals surface area (Å²) < 4.78 is 40.2. The molecule has 0 radical (unpaired) electrons. The molecule has 1 N–H and O–H groups in total. The molecule has 0 aliphatic carbocycles. The molecule has 0 aromatic heterocycles. The maximum Gasteiger partial charge on any atom is 0.283 e. The highest BCUT2D eigenvalue weighted by Crippen LogP contribution is 2.32. The Morgan fingerprint density at radius 3 is 2.58 bits per heavy atom. The number of hydrogen-bond donors (Lipinski definition) is 1. The summed E-state index contributed by atoms with van der Waals surface area (Å²) in [7, 11) is -2.12. The Balaban J connectivity index is 1.45. The van der Waals surface area contributed by atoms with E-state index in [0.717, 1.165) is 28.6 Å². The smallest absolute Gasteiger partial charge is 0.283 e. The van der Waals surface area contributed by atoms with Gasteiger partial charge in [0.1, 0.15) is 19.0 Å². The average Bonchev–Trinajstić information content (AvgIpc) is 3.27. The molecule has 0 unspecified atom stereocenters. The van der Waals surface area contributed by atoms with Gasteiger partial charge < -0.3 is 14.2 Å². The van der Waals surface area contributed by atoms with Gasteiger partial charge in [-0.1, -0.05) is 17.7 Å². The number of benzene rings is 2. The molecule has 13 heteroatoms. The number of nitrogens with zero attached hydrogens (tertiary/aromatic N) is 3. The Hall–Kier alpha value is -3.35. The first-order chi connectivity index (χ1) is 17.1. The number of rotatable bonds is 7. The van der Waals surface area contributed by atoms with E-state index in [9.17, 15) is 13.2 Å². The summed E-state index contributed by atoms with van der Waals surface area (Å²) >= 11 is 6.76. The van der Waals surface area contributed by atoms with Gasteiger partial charge in [-0.05, 0) is 66.2 Å². The van der Waals surface area contributed by atoms with Crippen LogP contribution in [-0.2, 0) is 14.6 Å². The van der Waals surface area contributed by atoms with Gasteiger partial charge in [0.15, 0.2) is 17.3 Å². The number of aliphatic imine (C=N–C) groups is 1. The van der Waals surface area contributed by atoms with Crippen molar-refractivity contribution in [3.63, 3.8) is 0 Å². The number of carbonyl (C=O) groups excluding carboxylic acids is 1. The molecule has 1 amide bonds. The summed E-state index contributed by atoms with van der Waals surface area (Å²) in [6.07, 6.45) is 2.46. The molecular formula is C23H21ClN4O6S2. The number of methoxy groups -OCH3 is 1. The molecule has 2 aromatic rings. The van der Waals surface area contributed by atoms with E-state index in [2.05, 4.69) is 10.1 Å². The summed E-state index contributed by atoms with van der Waals surface area (Å²) in [4.78, 5) is 16.4. The third kappa shape index (κ3) is 5.55. The van der Waals surface area contributed by atoms with E-state index < -0.39 is 15.7 Å². The summed E-state index contributed by atoms with van der Waals surface area (Å²) in [5.41, 5.74) is 1.43. The highest BCUT2D eigenvalue weighted by molar-refractivity contribution is 8.42. The van der Waals surface area contributed by atoms with E-state index in [1.807, 2.05) is 13.0 Å². The molecule has 0 saturated carbocycles. The van der Waals surface area contributed by atoms with Crippen LogP contribution in [0.15, 0.2) is 52.1 Å². The number of amides is 1. The van der Waals surface area contributed by atoms with Crippen LogP contribution in [0.5, 0.6) is 17.2 Å². The van der Waals surface area contributed by atoms with Gasteiger partial charge in [0.25, 0.3) is 5.91 Å². The van der Waals surface area contributed by atoms with Crippen molar-refractivity contribution >= 4 is 60.6 Å². The zero-order valence-corrected chi connectivity index (χ0v) is 21.8. The summed E-state index contributed by atoms with van der Waals surface area (Å²) in [6.45, 7) is 2.45. The molecule has 4 rings (SSSR count). The Labute approximate surface area is 217 Å². The lowest BCUT2D eigenvalue weighted by molar-refractivity contribution is -0.114. The third-order valence-corrected chi connectivity index (χ3v) is 7.99. The van der Waals surface area contributed by atoms with E-state index in [4.69, 9.17) is 31.2 Å². The van der Waals surface area contributed by atoms with Crippen LogP contribution in [0.3, 0.4) is 0 Å². The van der Waals surface area contributed by atoms with Crippen molar-refractivity contribution in [1.29, 1.82) is 5.41 Å². The summed E-state index contributed by atoms with van der Waals surface area (Å²) in [5.74, 6) is 0.630. The normalized spacial score (nSPS) is 16.6. The second kappa shape index (κ2) is 10.3. The Kier molecular flexibility index (Phi) is 7.38. The molecule has 2 aliphatic rings. The number of thioether (sulfide) groups is 1. The molecule has 10 nitrogen and oxygen atoms in total. The number of sulfone groups is 1. The summed E-state index contributed by atoms with van der Waals surface area (Å²) in [5, 5.41) is 14.0. The van der Waals surface area contributed by atoms with Gasteiger partial charge >= 0.3 is 0 Å². The number of amidine groups is 2. The predicted molar refractivity (Wildman–Crippen MR) is 140 cm³/mol. The number of hydrogen-bond acceptors (Lipinski definition) is 9. The monoisotopic (exact) mass is 548 g/mol. The maximum atomic E-state index is 12.5. The minimum absolute atomic E-state index is 0.0277. The van der Waals surface area contributed by atoms with Gasteiger partial charge in [-0.3, -0.25) is 10.2 Å². The fraction of sp³-hybridized carbons (Fsp3) is 0.217. The molecule has 0 saturated heterocycles. The molecule has 2 aliphatic heterocycles. The minimum atomic E-state index is -3.60. The molecule has 2 aromatic carbocycles. The van der Waals surface area contributed by atoms with Gasteiger partial charge in [0, 0.05) is 11.3 Å². The second-order valence-electron chi connectivity index (χ2n) is 7.68. The first-order valence-electron chi connectivity index (χ1n) is 10.5. The largest absolute Gasteiger partial charge is 0.493 e. The van der Waals surface area contributed by atoms with Crippen LogP contribution in [-0.4, -0.2) is 61.3 Å². The van der Waals surface area contributed by atoms with E-state index >= 15 is 0 Å². The van der Waals surface area contributed by atoms with Gasteiger partial charge in [-0.15, -0.1) is 5.10 Å². The molecule has 0 atom stereocenters. The van der Waals surface area contributed by atoms with Crippen LogP contribution in [0.4, 0.5) is 0 Å². The molecule has 36 heavy (non-hydrogen) atoms. The van der Waals surface area contributed by atoms with Crippen LogP contribution in [0, 0.1) is 12.3 Å². The third-order valence-electron chi connectivity index (χ3n) is 4.99. The zero-order valence-electron chi connectivity index (χ0n) is 19.4. The van der Waals surface area contributed by atoms with Crippen molar-refractivity contribution in [2.24, 2.45) is 10.1 Å². The van der Waals surface area contributed by atoms with E-state index in [1.54, 1.807) is 30.3 Å². The van der Waals surface area contributed by atoms with Crippen LogP contribution in [0.25, 0.3) is 6.08 Å². The number of carbonyl (C=O) groups is 1. The van der Waals surface area contributed by atoms with Gasteiger partial charge in [0.05, 0.1) is 12.7 Å². The van der Waals surface area contributed by atoms with Gasteiger partial charge in [-0.2, -0.15) is 10.0 Å². The van der Waals surface area contributed by atoms with Crippen molar-refractivity contribution < 1.29 is 27.4 Å². The molecule has 2 heterocycles. The fourth-order valence-corrected chi connectivity index (χ4v) is 5.00. The number of halogens is 1. The quantitative estimate of drug-likeness (QED) is 0.409. The van der Waals surface area contributed by atoms with Crippen LogP contribution >= 0.6 is 23.4 Å². The molecule has 0 fully saturated rings. The lowest BCUT2D eigenvalue weighted by Crippen LogP contribution is -2.35. The standard InChI is InChI=1S/C23H21ClN4O6S2/c1-13-10-15(5-6-17(13)24)33-8-9-34-18-7-4-14(12-19(18)32-2)11-16-20(25)28-22(26-21(16)29)35-23(27-28)36(3,30)31/h4-7,10-12,25H,8-9H2,1-3H3/b16-11-,25-20?. The van der Waals surface area contributed by atoms with Gasteiger partial charge in [-0.25, -0.2) is 8.42 Å². The van der Waals surface area contributed by atoms with Crippen LogP contribution in [0.2, 0.25) is 5.02 Å². The zero-order chi connectivity index (χ0) is 26.0. The SMILES string of the molecule is COc1cc(/C=C2/C(=N)N3N=C(S(C)(=O)=O)SC3=NC2=O)ccc1OCCOc1ccc(Cl)c(C)c1. The fourth-order valence-electron chi connectivity index (χ4n) is 3.20. The average molecular weight is 549 g/mol. The molecule has 0 spiro atoms. The van der Waals surface area contributed by atoms with Crippen molar-refractivity contribution in [1.82, 2.24) is 5.01 Å². The van der Waals surface area contributed by atoms with Gasteiger partial charge in [0.2, 0.25) is 19.4 Å². The topological polar surface area (TPSA) is 131 Å². The highest BCUT2D eigenvalue weighted by atomic mass is 35.5. The van der Waals surface area contributed by atoms with E-state index in [-0.39, 0.29) is 27.6 Å². The summed E-state index contributed by atoms with van der Waals surface area (Å²) in [6, 6.07) is 10.4. The Morgan fingerprint density at radius 1 is 1.14 bits per heavy atom. The van der Waals surface area contributed by atoms with Crippen molar-refractivity contribution in [2.75, 3.05) is 26.6 Å². The molecular weight excluding hydrogens is 528 g/mol. The molecule has 188 valence electrons. The lowest BCUT2D eigenvalue weighted by atomic mass is 10.1. The first-order valence-corrected chi connectivity index (χ1v) is 13.6. The van der Waals surface area contributed by atoms with E-state index in [0.29, 0.717) is 34.4 Å². The number of ether oxygens (including phenoxy) is 3. The van der Waals surface area contributed by atoms with Crippen molar-refractivity contribution in [3.05, 3.63) is 58.1 Å². The van der Waals surface area contributed by atoms with E-state index in [1.165, 1.54) is 13.2 Å². The first kappa shape index (κ1) is 25.7. The number of fused-ring (bicyclic) bond motifs is 1. The van der Waals surface area contributed by atoms with Crippen molar-refractivity contribution in [2.45, 2.75) is 6.92 Å². The Morgan fingerprint density at radius 2 is 1.89 bits per heavy atom.